The fourth-order valence-electron chi connectivity index (χ4n) is 1.30. The van der Waals surface area contributed by atoms with E-state index in [1.54, 1.807) is 0 Å². The third-order valence-electron chi connectivity index (χ3n) is 1.90. The molecule has 2 saturated heterocycles. The molecule has 2 aliphatic rings. The van der Waals surface area contributed by atoms with E-state index in [0.29, 0.717) is 12.2 Å². The quantitative estimate of drug-likeness (QED) is 0.452. The Morgan fingerprint density at radius 3 is 2.38 bits per heavy atom. The second-order valence-corrected chi connectivity index (χ2v) is 2.54. The molecule has 0 amide bonds. The van der Waals surface area contributed by atoms with Gasteiger partial charge in [-0.15, -0.1) is 0 Å². The number of ether oxygens (including phenoxy) is 1. The summed E-state index contributed by atoms with van der Waals surface area (Å²) in [5.74, 6) is 0. The summed E-state index contributed by atoms with van der Waals surface area (Å²) in [7, 11) is 0. The lowest BCUT2D eigenvalue weighted by Crippen LogP contribution is -2.15. The maximum Gasteiger partial charge on any atom is 0.0854 e. The number of nitrogens with one attached hydrogen (secondary N) is 1. The summed E-state index contributed by atoms with van der Waals surface area (Å²) in [5.41, 5.74) is 0. The van der Waals surface area contributed by atoms with Crippen LogP contribution in [0.2, 0.25) is 0 Å². The number of fused-ring (bicyclic) bond motifs is 1. The van der Waals surface area contributed by atoms with Crippen LogP contribution in [0.4, 0.5) is 0 Å². The van der Waals surface area contributed by atoms with Gasteiger partial charge in [0.15, 0.2) is 0 Å². The highest BCUT2D eigenvalue weighted by molar-refractivity contribution is 4.87. The third kappa shape index (κ3) is 0.740. The van der Waals surface area contributed by atoms with Crippen molar-refractivity contribution in [3.05, 3.63) is 0 Å². The van der Waals surface area contributed by atoms with Gasteiger partial charge in [-0.1, -0.05) is 0 Å². The number of hydrogen-bond donors (Lipinski definition) is 1. The van der Waals surface area contributed by atoms with E-state index in [1.165, 1.54) is 12.8 Å². The summed E-state index contributed by atoms with van der Waals surface area (Å²) in [4.78, 5) is 0. The molecule has 2 rings (SSSR count). The predicted octanol–water partition coefficient (Wildman–Crippen LogP) is 0.137. The van der Waals surface area contributed by atoms with Crippen LogP contribution < -0.4 is 5.32 Å². The van der Waals surface area contributed by atoms with E-state index >= 15 is 0 Å². The van der Waals surface area contributed by atoms with Gasteiger partial charge >= 0.3 is 0 Å². The van der Waals surface area contributed by atoms with E-state index < -0.39 is 0 Å². The van der Waals surface area contributed by atoms with Crippen molar-refractivity contribution in [2.24, 2.45) is 0 Å². The lowest BCUT2D eigenvalue weighted by molar-refractivity contribution is 0.340. The van der Waals surface area contributed by atoms with Gasteiger partial charge in [0.25, 0.3) is 0 Å². The minimum atomic E-state index is 0.630. The highest BCUT2D eigenvalue weighted by Gasteiger charge is 2.38. The summed E-state index contributed by atoms with van der Waals surface area (Å²) in [6.45, 7) is 2.31. The summed E-state index contributed by atoms with van der Waals surface area (Å²) < 4.78 is 5.32. The molecule has 2 aliphatic heterocycles. The highest BCUT2D eigenvalue weighted by Crippen LogP contribution is 2.28. The van der Waals surface area contributed by atoms with Crippen molar-refractivity contribution in [2.45, 2.75) is 25.0 Å². The first-order chi connectivity index (χ1) is 3.97. The molecule has 0 bridgehead atoms. The van der Waals surface area contributed by atoms with E-state index in [-0.39, 0.29) is 0 Å². The number of hydrogen-bond acceptors (Lipinski definition) is 2. The zero-order valence-electron chi connectivity index (χ0n) is 4.89. The van der Waals surface area contributed by atoms with Gasteiger partial charge in [-0.25, -0.2) is 0 Å². The standard InChI is InChI=1S/C6H11NO/c1-3-7-4-2-6-5(1)8-6/h5-7H,1-4H2. The summed E-state index contributed by atoms with van der Waals surface area (Å²) in [5, 5.41) is 3.33. The zero-order chi connectivity index (χ0) is 5.40. The first kappa shape index (κ1) is 4.77. The van der Waals surface area contributed by atoms with Gasteiger partial charge in [-0.05, 0) is 25.9 Å². The van der Waals surface area contributed by atoms with Crippen LogP contribution in [-0.2, 0) is 4.74 Å². The maximum atomic E-state index is 5.32. The Balaban J connectivity index is 1.89. The maximum absolute atomic E-state index is 5.32. The molecule has 2 heteroatoms. The van der Waals surface area contributed by atoms with Gasteiger partial charge in [0.05, 0.1) is 12.2 Å². The third-order valence-corrected chi connectivity index (χ3v) is 1.90. The molecular formula is C6H11NO. The normalized spacial score (nSPS) is 45.0. The summed E-state index contributed by atoms with van der Waals surface area (Å²) >= 11 is 0. The van der Waals surface area contributed by atoms with Crippen molar-refractivity contribution < 1.29 is 4.74 Å². The van der Waals surface area contributed by atoms with Crippen molar-refractivity contribution >= 4 is 0 Å². The van der Waals surface area contributed by atoms with Gasteiger partial charge < -0.3 is 10.1 Å². The van der Waals surface area contributed by atoms with E-state index in [2.05, 4.69) is 5.32 Å². The molecule has 0 spiro atoms. The number of rotatable bonds is 0. The van der Waals surface area contributed by atoms with Gasteiger partial charge in [0, 0.05) is 0 Å². The Bertz CT molecular complexity index is 84.5. The minimum absolute atomic E-state index is 0.630. The lowest BCUT2D eigenvalue weighted by Gasteiger charge is -1.95. The second kappa shape index (κ2) is 1.71. The molecule has 0 aromatic carbocycles. The van der Waals surface area contributed by atoms with Crippen LogP contribution in [0, 0.1) is 0 Å². The largest absolute Gasteiger partial charge is 0.369 e. The van der Waals surface area contributed by atoms with E-state index in [0.717, 1.165) is 13.1 Å². The molecule has 8 heavy (non-hydrogen) atoms. The Kier molecular flexibility index (Phi) is 1.02. The van der Waals surface area contributed by atoms with E-state index in [1.807, 2.05) is 0 Å². The topological polar surface area (TPSA) is 24.6 Å². The summed E-state index contributed by atoms with van der Waals surface area (Å²) in [6, 6.07) is 0. The van der Waals surface area contributed by atoms with E-state index in [9.17, 15) is 0 Å². The van der Waals surface area contributed by atoms with Crippen molar-refractivity contribution in [2.75, 3.05) is 13.1 Å². The van der Waals surface area contributed by atoms with Gasteiger partial charge in [0.2, 0.25) is 0 Å². The van der Waals surface area contributed by atoms with Crippen LogP contribution in [0.25, 0.3) is 0 Å². The fourth-order valence-corrected chi connectivity index (χ4v) is 1.30. The molecular weight excluding hydrogens is 102 g/mol. The average Bonchev–Trinajstić information content (AvgIpc) is 2.36. The first-order valence-corrected chi connectivity index (χ1v) is 3.33. The molecule has 2 unspecified atom stereocenters. The van der Waals surface area contributed by atoms with Crippen LogP contribution in [0.5, 0.6) is 0 Å². The SMILES string of the molecule is C1CC2OC2CCN1. The van der Waals surface area contributed by atoms with Crippen LogP contribution in [0.1, 0.15) is 12.8 Å². The molecule has 2 heterocycles. The minimum Gasteiger partial charge on any atom is -0.369 e. The van der Waals surface area contributed by atoms with Gasteiger partial charge in [-0.2, -0.15) is 0 Å². The Hall–Kier alpha value is -0.0800. The molecule has 2 atom stereocenters. The lowest BCUT2D eigenvalue weighted by atomic mass is 10.2. The monoisotopic (exact) mass is 113 g/mol. The molecule has 1 N–H and O–H groups in total. The Labute approximate surface area is 49.2 Å². The zero-order valence-corrected chi connectivity index (χ0v) is 4.89. The van der Waals surface area contributed by atoms with Crippen molar-refractivity contribution in [3.8, 4) is 0 Å². The van der Waals surface area contributed by atoms with Crippen molar-refractivity contribution in [1.82, 2.24) is 5.32 Å². The molecule has 2 fully saturated rings. The fraction of sp³-hybridized carbons (Fsp3) is 1.00. The molecule has 2 nitrogen and oxygen atoms in total. The van der Waals surface area contributed by atoms with Crippen LogP contribution in [0.15, 0.2) is 0 Å². The van der Waals surface area contributed by atoms with Gasteiger partial charge in [-0.3, -0.25) is 0 Å². The van der Waals surface area contributed by atoms with Crippen LogP contribution >= 0.6 is 0 Å². The molecule has 0 radical (unpaired) electrons. The highest BCUT2D eigenvalue weighted by atomic mass is 16.6. The van der Waals surface area contributed by atoms with E-state index in [4.69, 9.17) is 4.74 Å². The van der Waals surface area contributed by atoms with Crippen molar-refractivity contribution in [1.29, 1.82) is 0 Å². The van der Waals surface area contributed by atoms with Gasteiger partial charge in [0.1, 0.15) is 0 Å². The smallest absolute Gasteiger partial charge is 0.0854 e. The second-order valence-electron chi connectivity index (χ2n) is 2.54. The molecule has 0 saturated carbocycles. The summed E-state index contributed by atoms with van der Waals surface area (Å²) in [6.07, 6.45) is 3.71. The van der Waals surface area contributed by atoms with Crippen LogP contribution in [0.3, 0.4) is 0 Å². The molecule has 0 aromatic heterocycles. The average molecular weight is 113 g/mol. The molecule has 0 aromatic rings. The first-order valence-electron chi connectivity index (χ1n) is 3.33. The van der Waals surface area contributed by atoms with Crippen LogP contribution in [-0.4, -0.2) is 25.3 Å². The Morgan fingerprint density at radius 1 is 1.12 bits per heavy atom. The number of epoxide rings is 1. The molecule has 0 aliphatic carbocycles. The Morgan fingerprint density at radius 2 is 1.75 bits per heavy atom. The predicted molar refractivity (Wildman–Crippen MR) is 30.8 cm³/mol. The molecule has 46 valence electrons. The van der Waals surface area contributed by atoms with Crippen molar-refractivity contribution in [3.63, 3.8) is 0 Å².